The Morgan fingerprint density at radius 2 is 1.83 bits per heavy atom. The lowest BCUT2D eigenvalue weighted by atomic mass is 10.1. The molecule has 4 heteroatoms. The molecular formula is C14H25ClN2O. The fraction of sp³-hybridized carbons (Fsp3) is 0.786. The average Bonchev–Trinajstić information content (AvgIpc) is 2.69. The Balaban J connectivity index is 2.14. The summed E-state index contributed by atoms with van der Waals surface area (Å²) in [6.45, 7) is 2.23. The summed E-state index contributed by atoms with van der Waals surface area (Å²) in [5.41, 5.74) is 0. The molecule has 1 atom stereocenters. The normalized spacial score (nSPS) is 12.9. The number of imidazole rings is 1. The van der Waals surface area contributed by atoms with Gasteiger partial charge in [-0.2, -0.15) is 0 Å². The number of aliphatic hydroxyl groups excluding tert-OH is 1. The SMILES string of the molecule is CCCCCCCCCC(O)c1ncc(Cl)n1C. The summed E-state index contributed by atoms with van der Waals surface area (Å²) in [7, 11) is 1.83. The lowest BCUT2D eigenvalue weighted by Gasteiger charge is -2.10. The fourth-order valence-electron chi connectivity index (χ4n) is 2.14. The number of nitrogens with zero attached hydrogens (tertiary/aromatic N) is 2. The lowest BCUT2D eigenvalue weighted by molar-refractivity contribution is 0.150. The molecule has 0 saturated carbocycles. The van der Waals surface area contributed by atoms with Gasteiger partial charge in [-0.1, -0.05) is 63.5 Å². The highest BCUT2D eigenvalue weighted by Crippen LogP contribution is 2.21. The zero-order chi connectivity index (χ0) is 13.4. The van der Waals surface area contributed by atoms with Gasteiger partial charge in [0.05, 0.1) is 6.20 Å². The summed E-state index contributed by atoms with van der Waals surface area (Å²) in [4.78, 5) is 4.14. The number of hydrogen-bond donors (Lipinski definition) is 1. The summed E-state index contributed by atoms with van der Waals surface area (Å²) in [6, 6.07) is 0. The lowest BCUT2D eigenvalue weighted by Crippen LogP contribution is -2.05. The van der Waals surface area contributed by atoms with E-state index in [9.17, 15) is 5.11 Å². The van der Waals surface area contributed by atoms with Gasteiger partial charge in [-0.05, 0) is 6.42 Å². The quantitative estimate of drug-likeness (QED) is 0.683. The molecule has 1 heterocycles. The van der Waals surface area contributed by atoms with Crippen LogP contribution in [-0.4, -0.2) is 14.7 Å². The van der Waals surface area contributed by atoms with Crippen molar-refractivity contribution in [2.45, 2.75) is 64.4 Å². The van der Waals surface area contributed by atoms with E-state index >= 15 is 0 Å². The van der Waals surface area contributed by atoms with Crippen molar-refractivity contribution in [2.24, 2.45) is 7.05 Å². The molecule has 0 aliphatic rings. The number of hydrogen-bond acceptors (Lipinski definition) is 2. The molecule has 0 aliphatic carbocycles. The highest BCUT2D eigenvalue weighted by molar-refractivity contribution is 6.29. The molecule has 1 aromatic heterocycles. The molecular weight excluding hydrogens is 248 g/mol. The van der Waals surface area contributed by atoms with Crippen molar-refractivity contribution in [1.82, 2.24) is 9.55 Å². The molecule has 0 fully saturated rings. The van der Waals surface area contributed by atoms with Gasteiger partial charge < -0.3 is 9.67 Å². The van der Waals surface area contributed by atoms with Crippen molar-refractivity contribution < 1.29 is 5.11 Å². The van der Waals surface area contributed by atoms with Crippen molar-refractivity contribution >= 4 is 11.6 Å². The third kappa shape index (κ3) is 4.99. The molecule has 0 bridgehead atoms. The van der Waals surface area contributed by atoms with Crippen LogP contribution in [0, 0.1) is 0 Å². The van der Waals surface area contributed by atoms with Crippen LogP contribution in [0.5, 0.6) is 0 Å². The molecule has 1 N–H and O–H groups in total. The van der Waals surface area contributed by atoms with Gasteiger partial charge in [0.25, 0.3) is 0 Å². The second-order valence-electron chi connectivity index (χ2n) is 4.92. The maximum absolute atomic E-state index is 10.0. The molecule has 0 aromatic carbocycles. The third-order valence-corrected chi connectivity index (χ3v) is 3.70. The molecule has 3 nitrogen and oxygen atoms in total. The van der Waals surface area contributed by atoms with E-state index in [1.165, 1.54) is 38.5 Å². The third-order valence-electron chi connectivity index (χ3n) is 3.35. The van der Waals surface area contributed by atoms with Crippen molar-refractivity contribution in [3.63, 3.8) is 0 Å². The summed E-state index contributed by atoms with van der Waals surface area (Å²) in [5, 5.41) is 10.6. The number of halogens is 1. The standard InChI is InChI=1S/C14H25ClN2O/c1-3-4-5-6-7-8-9-10-12(18)14-16-11-13(15)17(14)2/h11-12,18H,3-10H2,1-2H3. The second-order valence-corrected chi connectivity index (χ2v) is 5.31. The Morgan fingerprint density at radius 1 is 1.22 bits per heavy atom. The molecule has 0 amide bonds. The van der Waals surface area contributed by atoms with E-state index in [0.717, 1.165) is 12.8 Å². The molecule has 1 rings (SSSR count). The monoisotopic (exact) mass is 272 g/mol. The molecule has 104 valence electrons. The number of unbranched alkanes of at least 4 members (excludes halogenated alkanes) is 6. The largest absolute Gasteiger partial charge is 0.385 e. The summed E-state index contributed by atoms with van der Waals surface area (Å²) in [5.74, 6) is 0.672. The number of rotatable bonds is 9. The Labute approximate surface area is 115 Å². The molecule has 0 saturated heterocycles. The van der Waals surface area contributed by atoms with Crippen LogP contribution >= 0.6 is 11.6 Å². The molecule has 0 radical (unpaired) electrons. The van der Waals surface area contributed by atoms with Crippen molar-refractivity contribution in [1.29, 1.82) is 0 Å². The molecule has 18 heavy (non-hydrogen) atoms. The van der Waals surface area contributed by atoms with Crippen molar-refractivity contribution in [3.8, 4) is 0 Å². The van der Waals surface area contributed by atoms with Gasteiger partial charge in [0.15, 0.2) is 0 Å². The first kappa shape index (κ1) is 15.5. The van der Waals surface area contributed by atoms with Crippen LogP contribution in [0.1, 0.15) is 70.2 Å². The van der Waals surface area contributed by atoms with E-state index in [2.05, 4.69) is 11.9 Å². The van der Waals surface area contributed by atoms with Gasteiger partial charge in [0, 0.05) is 7.05 Å². The second kappa shape index (κ2) is 8.54. The van der Waals surface area contributed by atoms with Gasteiger partial charge in [0.1, 0.15) is 17.1 Å². The van der Waals surface area contributed by atoms with E-state index in [1.54, 1.807) is 10.8 Å². The van der Waals surface area contributed by atoms with Crippen molar-refractivity contribution in [2.75, 3.05) is 0 Å². The predicted octanol–water partition coefficient (Wildman–Crippen LogP) is 4.25. The maximum atomic E-state index is 10.0. The van der Waals surface area contributed by atoms with E-state index in [1.807, 2.05) is 7.05 Å². The minimum absolute atomic E-state index is 0.488. The van der Waals surface area contributed by atoms with E-state index in [4.69, 9.17) is 11.6 Å². The fourth-order valence-corrected chi connectivity index (χ4v) is 2.27. The summed E-state index contributed by atoms with van der Waals surface area (Å²) < 4.78 is 1.74. The van der Waals surface area contributed by atoms with Gasteiger partial charge in [-0.3, -0.25) is 0 Å². The minimum Gasteiger partial charge on any atom is -0.385 e. The first-order valence-electron chi connectivity index (χ1n) is 7.02. The van der Waals surface area contributed by atoms with Crippen LogP contribution in [-0.2, 0) is 7.05 Å². The maximum Gasteiger partial charge on any atom is 0.138 e. The van der Waals surface area contributed by atoms with Crippen LogP contribution in [0.3, 0.4) is 0 Å². The topological polar surface area (TPSA) is 38.1 Å². The molecule has 1 aromatic rings. The smallest absolute Gasteiger partial charge is 0.138 e. The van der Waals surface area contributed by atoms with Crippen LogP contribution < -0.4 is 0 Å². The Hall–Kier alpha value is -0.540. The first-order chi connectivity index (χ1) is 8.66. The van der Waals surface area contributed by atoms with E-state index in [0.29, 0.717) is 11.0 Å². The average molecular weight is 273 g/mol. The van der Waals surface area contributed by atoms with Crippen LogP contribution in [0.15, 0.2) is 6.20 Å². The van der Waals surface area contributed by atoms with Crippen molar-refractivity contribution in [3.05, 3.63) is 17.2 Å². The number of aliphatic hydroxyl groups is 1. The molecule has 1 unspecified atom stereocenters. The van der Waals surface area contributed by atoms with Gasteiger partial charge in [-0.15, -0.1) is 0 Å². The Morgan fingerprint density at radius 3 is 2.39 bits per heavy atom. The predicted molar refractivity (Wildman–Crippen MR) is 75.8 cm³/mol. The van der Waals surface area contributed by atoms with Crippen LogP contribution in [0.25, 0.3) is 0 Å². The number of aromatic nitrogens is 2. The zero-order valence-electron chi connectivity index (χ0n) is 11.5. The summed E-state index contributed by atoms with van der Waals surface area (Å²) >= 11 is 5.90. The van der Waals surface area contributed by atoms with E-state index in [-0.39, 0.29) is 0 Å². The van der Waals surface area contributed by atoms with E-state index < -0.39 is 6.10 Å². The first-order valence-corrected chi connectivity index (χ1v) is 7.39. The van der Waals surface area contributed by atoms with Gasteiger partial charge in [0.2, 0.25) is 0 Å². The Kier molecular flexibility index (Phi) is 7.36. The zero-order valence-corrected chi connectivity index (χ0v) is 12.3. The minimum atomic E-state index is -0.488. The summed E-state index contributed by atoms with van der Waals surface area (Å²) in [6.07, 6.45) is 10.7. The molecule has 0 spiro atoms. The van der Waals surface area contributed by atoms with Crippen LogP contribution in [0.4, 0.5) is 0 Å². The highest BCUT2D eigenvalue weighted by atomic mass is 35.5. The van der Waals surface area contributed by atoms with Crippen LogP contribution in [0.2, 0.25) is 5.15 Å². The van der Waals surface area contributed by atoms with Gasteiger partial charge >= 0.3 is 0 Å². The Bertz CT molecular complexity index is 339. The highest BCUT2D eigenvalue weighted by Gasteiger charge is 2.13. The molecule has 0 aliphatic heterocycles. The van der Waals surface area contributed by atoms with Gasteiger partial charge in [-0.25, -0.2) is 4.98 Å².